The first kappa shape index (κ1) is 14.0. The van der Waals surface area contributed by atoms with E-state index in [1.54, 1.807) is 30.2 Å². The first-order chi connectivity index (χ1) is 9.61. The number of anilines is 1. The summed E-state index contributed by atoms with van der Waals surface area (Å²) in [4.78, 5) is 41.5. The minimum Gasteiger partial charge on any atom is -0.342 e. The molecular formula is C13H16N4O3. The molecule has 0 unspecified atom stereocenters. The molecular weight excluding hydrogens is 260 g/mol. The Labute approximate surface area is 116 Å². The van der Waals surface area contributed by atoms with Gasteiger partial charge in [0.05, 0.1) is 0 Å². The van der Waals surface area contributed by atoms with Crippen LogP contribution in [0.25, 0.3) is 0 Å². The molecule has 1 aromatic heterocycles. The maximum absolute atomic E-state index is 12.0. The van der Waals surface area contributed by atoms with Gasteiger partial charge in [0.15, 0.2) is 0 Å². The van der Waals surface area contributed by atoms with Crippen molar-refractivity contribution in [2.75, 3.05) is 31.5 Å². The van der Waals surface area contributed by atoms with E-state index >= 15 is 0 Å². The zero-order chi connectivity index (χ0) is 14.5. The summed E-state index contributed by atoms with van der Waals surface area (Å²) in [7, 11) is 0. The second-order valence-electron chi connectivity index (χ2n) is 4.56. The van der Waals surface area contributed by atoms with Gasteiger partial charge in [0, 0.05) is 32.4 Å². The predicted octanol–water partition coefficient (Wildman–Crippen LogP) is -0.371. The minimum absolute atomic E-state index is 0.367. The summed E-state index contributed by atoms with van der Waals surface area (Å²) < 4.78 is 0. The smallest absolute Gasteiger partial charge is 0.315 e. The van der Waals surface area contributed by atoms with Gasteiger partial charge in [-0.15, -0.1) is 0 Å². The van der Waals surface area contributed by atoms with Crippen molar-refractivity contribution in [1.29, 1.82) is 0 Å². The van der Waals surface area contributed by atoms with Crippen LogP contribution in [-0.2, 0) is 14.4 Å². The molecule has 1 saturated heterocycles. The highest BCUT2D eigenvalue weighted by Crippen LogP contribution is 2.09. The van der Waals surface area contributed by atoms with Crippen molar-refractivity contribution in [3.05, 3.63) is 23.9 Å². The van der Waals surface area contributed by atoms with Crippen LogP contribution in [0.5, 0.6) is 0 Å². The second kappa shape index (κ2) is 6.14. The SMILES string of the molecule is Cc1cccnc1NC(=O)C(=O)N1CCN(C=O)CC1. The van der Waals surface area contributed by atoms with Crippen molar-refractivity contribution in [2.24, 2.45) is 0 Å². The summed E-state index contributed by atoms with van der Waals surface area (Å²) in [5.74, 6) is -0.913. The third-order valence-electron chi connectivity index (χ3n) is 3.19. The molecule has 7 heteroatoms. The number of carbonyl (C=O) groups is 3. The van der Waals surface area contributed by atoms with Gasteiger partial charge in [-0.25, -0.2) is 4.98 Å². The van der Waals surface area contributed by atoms with Crippen LogP contribution < -0.4 is 5.32 Å². The lowest BCUT2D eigenvalue weighted by Gasteiger charge is -2.31. The average Bonchev–Trinajstić information content (AvgIpc) is 2.49. The molecule has 7 nitrogen and oxygen atoms in total. The third kappa shape index (κ3) is 3.11. The van der Waals surface area contributed by atoms with Crippen molar-refractivity contribution in [1.82, 2.24) is 14.8 Å². The van der Waals surface area contributed by atoms with Gasteiger partial charge in [0.2, 0.25) is 6.41 Å². The molecule has 2 heterocycles. The number of rotatable bonds is 2. The maximum Gasteiger partial charge on any atom is 0.315 e. The van der Waals surface area contributed by atoms with Crippen LogP contribution in [0.2, 0.25) is 0 Å². The number of hydrogen-bond acceptors (Lipinski definition) is 4. The summed E-state index contributed by atoms with van der Waals surface area (Å²) in [6.45, 7) is 3.44. The predicted molar refractivity (Wildman–Crippen MR) is 71.8 cm³/mol. The molecule has 1 aromatic rings. The van der Waals surface area contributed by atoms with Gasteiger partial charge >= 0.3 is 11.8 Å². The normalized spacial score (nSPS) is 14.8. The van der Waals surface area contributed by atoms with E-state index in [9.17, 15) is 14.4 Å². The summed E-state index contributed by atoms with van der Waals surface area (Å²) in [5.41, 5.74) is 0.791. The van der Waals surface area contributed by atoms with Crippen molar-refractivity contribution < 1.29 is 14.4 Å². The quantitative estimate of drug-likeness (QED) is 0.590. The van der Waals surface area contributed by atoms with E-state index in [0.717, 1.165) is 12.0 Å². The topological polar surface area (TPSA) is 82.6 Å². The molecule has 0 spiro atoms. The van der Waals surface area contributed by atoms with Crippen LogP contribution in [0, 0.1) is 6.92 Å². The zero-order valence-corrected chi connectivity index (χ0v) is 11.2. The van der Waals surface area contributed by atoms with Crippen molar-refractivity contribution in [3.8, 4) is 0 Å². The molecule has 0 saturated carbocycles. The highest BCUT2D eigenvalue weighted by molar-refractivity contribution is 6.39. The summed E-state index contributed by atoms with van der Waals surface area (Å²) in [6, 6.07) is 3.56. The fraction of sp³-hybridized carbons (Fsp3) is 0.385. The lowest BCUT2D eigenvalue weighted by Crippen LogP contribution is -2.51. The van der Waals surface area contributed by atoms with Crippen LogP contribution >= 0.6 is 0 Å². The first-order valence-corrected chi connectivity index (χ1v) is 6.33. The fourth-order valence-corrected chi connectivity index (χ4v) is 1.95. The molecule has 20 heavy (non-hydrogen) atoms. The van der Waals surface area contributed by atoms with Crippen molar-refractivity contribution >= 4 is 24.0 Å². The van der Waals surface area contributed by atoms with Crippen LogP contribution in [0.3, 0.4) is 0 Å². The Balaban J connectivity index is 1.94. The molecule has 0 atom stereocenters. The van der Waals surface area contributed by atoms with Gasteiger partial charge in [-0.05, 0) is 18.6 Å². The molecule has 0 bridgehead atoms. The number of nitrogens with zero attached hydrogens (tertiary/aromatic N) is 3. The molecule has 2 rings (SSSR count). The van der Waals surface area contributed by atoms with Crippen molar-refractivity contribution in [3.63, 3.8) is 0 Å². The number of pyridine rings is 1. The number of piperazine rings is 1. The van der Waals surface area contributed by atoms with E-state index in [1.807, 2.05) is 0 Å². The van der Waals surface area contributed by atoms with E-state index in [2.05, 4.69) is 10.3 Å². The Hall–Kier alpha value is -2.44. The molecule has 1 fully saturated rings. The number of carbonyl (C=O) groups excluding carboxylic acids is 3. The third-order valence-corrected chi connectivity index (χ3v) is 3.19. The van der Waals surface area contributed by atoms with Crippen LogP contribution in [-0.4, -0.2) is 59.2 Å². The number of aryl methyl sites for hydroxylation is 1. The van der Waals surface area contributed by atoms with Crippen LogP contribution in [0.4, 0.5) is 5.82 Å². The van der Waals surface area contributed by atoms with E-state index in [0.29, 0.717) is 32.0 Å². The standard InChI is InChI=1S/C13H16N4O3/c1-10-3-2-4-14-11(10)15-12(19)13(20)17-7-5-16(9-18)6-8-17/h2-4,9H,5-8H2,1H3,(H,14,15,19). The van der Waals surface area contributed by atoms with Gasteiger partial charge in [-0.1, -0.05) is 6.07 Å². The van der Waals surface area contributed by atoms with E-state index in [1.165, 1.54) is 4.90 Å². The summed E-state index contributed by atoms with van der Waals surface area (Å²) >= 11 is 0. The van der Waals surface area contributed by atoms with Gasteiger partial charge in [-0.3, -0.25) is 14.4 Å². The Bertz CT molecular complexity index is 524. The maximum atomic E-state index is 12.0. The number of amides is 3. The van der Waals surface area contributed by atoms with E-state index in [4.69, 9.17) is 0 Å². The molecule has 1 aliphatic rings. The lowest BCUT2D eigenvalue weighted by molar-refractivity contribution is -0.144. The van der Waals surface area contributed by atoms with Crippen molar-refractivity contribution in [2.45, 2.75) is 6.92 Å². The molecule has 0 aliphatic carbocycles. The highest BCUT2D eigenvalue weighted by Gasteiger charge is 2.25. The fourth-order valence-electron chi connectivity index (χ4n) is 1.95. The monoisotopic (exact) mass is 276 g/mol. The highest BCUT2D eigenvalue weighted by atomic mass is 16.2. The number of hydrogen-bond donors (Lipinski definition) is 1. The first-order valence-electron chi connectivity index (χ1n) is 6.33. The lowest BCUT2D eigenvalue weighted by atomic mass is 10.3. The largest absolute Gasteiger partial charge is 0.342 e. The number of nitrogens with one attached hydrogen (secondary N) is 1. The second-order valence-corrected chi connectivity index (χ2v) is 4.56. The van der Waals surface area contributed by atoms with Crippen LogP contribution in [0.15, 0.2) is 18.3 Å². The van der Waals surface area contributed by atoms with E-state index < -0.39 is 11.8 Å². The molecule has 0 aromatic carbocycles. The Morgan fingerprint density at radius 1 is 1.30 bits per heavy atom. The van der Waals surface area contributed by atoms with Gasteiger partial charge in [-0.2, -0.15) is 0 Å². The van der Waals surface area contributed by atoms with Gasteiger partial charge in [0.25, 0.3) is 0 Å². The van der Waals surface area contributed by atoms with E-state index in [-0.39, 0.29) is 0 Å². The molecule has 3 amide bonds. The molecule has 106 valence electrons. The minimum atomic E-state index is -0.702. The Morgan fingerprint density at radius 3 is 2.60 bits per heavy atom. The van der Waals surface area contributed by atoms with Gasteiger partial charge in [0.1, 0.15) is 5.82 Å². The molecule has 1 aliphatic heterocycles. The molecule has 1 N–H and O–H groups in total. The molecule has 0 radical (unpaired) electrons. The average molecular weight is 276 g/mol. The van der Waals surface area contributed by atoms with Gasteiger partial charge < -0.3 is 15.1 Å². The Kier molecular flexibility index (Phi) is 4.29. The summed E-state index contributed by atoms with van der Waals surface area (Å²) in [5, 5.41) is 2.51. The summed E-state index contributed by atoms with van der Waals surface area (Å²) in [6.07, 6.45) is 2.30. The Morgan fingerprint density at radius 2 is 2.00 bits per heavy atom. The van der Waals surface area contributed by atoms with Crippen LogP contribution in [0.1, 0.15) is 5.56 Å². The zero-order valence-electron chi connectivity index (χ0n) is 11.2. The number of aromatic nitrogens is 1.